The summed E-state index contributed by atoms with van der Waals surface area (Å²) in [5.41, 5.74) is 1.39. The number of aryl methyl sites for hydroxylation is 1. The molecule has 16 heavy (non-hydrogen) atoms. The van der Waals surface area contributed by atoms with Crippen molar-refractivity contribution in [2.75, 3.05) is 13.2 Å². The van der Waals surface area contributed by atoms with Crippen molar-refractivity contribution in [3.8, 4) is 0 Å². The van der Waals surface area contributed by atoms with Crippen LogP contribution in [0.2, 0.25) is 0 Å². The standard InChI is InChI=1S/C12H23N3O/c1-5-11-10-15(14-13-11)7-9-16-8-6-12(2,3)4/h10H,5-9H2,1-4H3. The molecule has 0 aliphatic carbocycles. The van der Waals surface area contributed by atoms with Crippen molar-refractivity contribution in [3.05, 3.63) is 11.9 Å². The van der Waals surface area contributed by atoms with Gasteiger partial charge < -0.3 is 4.74 Å². The highest BCUT2D eigenvalue weighted by molar-refractivity contribution is 4.90. The molecule has 0 radical (unpaired) electrons. The molecule has 0 aliphatic rings. The van der Waals surface area contributed by atoms with Gasteiger partial charge >= 0.3 is 0 Å². The summed E-state index contributed by atoms with van der Waals surface area (Å²) in [7, 11) is 0. The van der Waals surface area contributed by atoms with Gasteiger partial charge in [-0.15, -0.1) is 5.10 Å². The van der Waals surface area contributed by atoms with Gasteiger partial charge in [0.2, 0.25) is 0 Å². The molecule has 0 saturated heterocycles. The summed E-state index contributed by atoms with van der Waals surface area (Å²) >= 11 is 0. The zero-order valence-electron chi connectivity index (χ0n) is 10.9. The van der Waals surface area contributed by atoms with Gasteiger partial charge in [-0.3, -0.25) is 0 Å². The minimum atomic E-state index is 0.350. The smallest absolute Gasteiger partial charge is 0.0824 e. The topological polar surface area (TPSA) is 39.9 Å². The molecule has 0 fully saturated rings. The Morgan fingerprint density at radius 1 is 1.31 bits per heavy atom. The third-order valence-corrected chi connectivity index (χ3v) is 2.41. The molecule has 0 saturated carbocycles. The van der Waals surface area contributed by atoms with Gasteiger partial charge in [0.25, 0.3) is 0 Å². The van der Waals surface area contributed by atoms with Crippen molar-refractivity contribution in [3.63, 3.8) is 0 Å². The quantitative estimate of drug-likeness (QED) is 0.697. The zero-order valence-corrected chi connectivity index (χ0v) is 10.9. The van der Waals surface area contributed by atoms with E-state index in [-0.39, 0.29) is 0 Å². The summed E-state index contributed by atoms with van der Waals surface area (Å²) in [5.74, 6) is 0. The normalized spacial score (nSPS) is 12.0. The molecule has 1 rings (SSSR count). The van der Waals surface area contributed by atoms with E-state index in [1.165, 1.54) is 0 Å². The van der Waals surface area contributed by atoms with Crippen molar-refractivity contribution in [1.82, 2.24) is 15.0 Å². The molecule has 0 amide bonds. The molecule has 0 atom stereocenters. The molecule has 0 aliphatic heterocycles. The average Bonchev–Trinajstić information content (AvgIpc) is 2.63. The molecule has 1 heterocycles. The molecule has 92 valence electrons. The van der Waals surface area contributed by atoms with Gasteiger partial charge in [-0.2, -0.15) is 0 Å². The SMILES string of the molecule is CCc1cn(CCOCCC(C)(C)C)nn1. The molecule has 4 nitrogen and oxygen atoms in total. The van der Waals surface area contributed by atoms with E-state index in [1.54, 1.807) is 0 Å². The Morgan fingerprint density at radius 2 is 2.06 bits per heavy atom. The fraction of sp³-hybridized carbons (Fsp3) is 0.833. The Balaban J connectivity index is 2.11. The van der Waals surface area contributed by atoms with Crippen LogP contribution in [0.4, 0.5) is 0 Å². The highest BCUT2D eigenvalue weighted by atomic mass is 16.5. The monoisotopic (exact) mass is 225 g/mol. The van der Waals surface area contributed by atoms with Crippen molar-refractivity contribution in [2.24, 2.45) is 5.41 Å². The molecule has 0 N–H and O–H groups in total. The fourth-order valence-electron chi connectivity index (χ4n) is 1.25. The number of hydrogen-bond donors (Lipinski definition) is 0. The second kappa shape index (κ2) is 5.99. The zero-order chi connectivity index (χ0) is 12.0. The van der Waals surface area contributed by atoms with E-state index in [9.17, 15) is 0 Å². The van der Waals surface area contributed by atoms with Gasteiger partial charge in [0.05, 0.1) is 18.8 Å². The summed E-state index contributed by atoms with van der Waals surface area (Å²) in [5, 5.41) is 8.05. The second-order valence-corrected chi connectivity index (χ2v) is 5.25. The van der Waals surface area contributed by atoms with E-state index in [4.69, 9.17) is 4.74 Å². The first kappa shape index (κ1) is 13.2. The number of aromatic nitrogens is 3. The predicted molar refractivity (Wildman–Crippen MR) is 64.3 cm³/mol. The Labute approximate surface area is 98.0 Å². The Kier molecular flexibility index (Phi) is 4.93. The first-order valence-electron chi connectivity index (χ1n) is 5.98. The number of ether oxygens (including phenoxy) is 1. The van der Waals surface area contributed by atoms with Gasteiger partial charge in [-0.1, -0.05) is 32.9 Å². The third kappa shape index (κ3) is 5.26. The number of hydrogen-bond acceptors (Lipinski definition) is 3. The van der Waals surface area contributed by atoms with E-state index in [1.807, 2.05) is 10.9 Å². The Bertz CT molecular complexity index is 301. The molecule has 4 heteroatoms. The maximum absolute atomic E-state index is 5.57. The molecule has 0 unspecified atom stereocenters. The van der Waals surface area contributed by atoms with Gasteiger partial charge in [0.1, 0.15) is 0 Å². The lowest BCUT2D eigenvalue weighted by molar-refractivity contribution is 0.0996. The van der Waals surface area contributed by atoms with Crippen molar-refractivity contribution >= 4 is 0 Å². The van der Waals surface area contributed by atoms with E-state index in [0.29, 0.717) is 12.0 Å². The van der Waals surface area contributed by atoms with E-state index >= 15 is 0 Å². The first-order valence-corrected chi connectivity index (χ1v) is 5.98. The average molecular weight is 225 g/mol. The Morgan fingerprint density at radius 3 is 2.62 bits per heavy atom. The molecular formula is C12H23N3O. The van der Waals surface area contributed by atoms with E-state index < -0.39 is 0 Å². The molecule has 1 aromatic rings. The van der Waals surface area contributed by atoms with Crippen LogP contribution < -0.4 is 0 Å². The molecule has 0 bridgehead atoms. The van der Waals surface area contributed by atoms with Gasteiger partial charge in [0.15, 0.2) is 0 Å². The van der Waals surface area contributed by atoms with E-state index in [0.717, 1.165) is 31.7 Å². The molecular weight excluding hydrogens is 202 g/mol. The van der Waals surface area contributed by atoms with Crippen LogP contribution in [0.1, 0.15) is 39.8 Å². The fourth-order valence-corrected chi connectivity index (χ4v) is 1.25. The summed E-state index contributed by atoms with van der Waals surface area (Å²) in [6.45, 7) is 11.1. The van der Waals surface area contributed by atoms with Crippen molar-refractivity contribution in [1.29, 1.82) is 0 Å². The van der Waals surface area contributed by atoms with E-state index in [2.05, 4.69) is 38.0 Å². The van der Waals surface area contributed by atoms with Crippen LogP contribution in [-0.4, -0.2) is 28.2 Å². The second-order valence-electron chi connectivity index (χ2n) is 5.25. The number of rotatable bonds is 6. The highest BCUT2D eigenvalue weighted by Crippen LogP contribution is 2.17. The van der Waals surface area contributed by atoms with Crippen LogP contribution in [-0.2, 0) is 17.7 Å². The lowest BCUT2D eigenvalue weighted by Gasteiger charge is -2.17. The van der Waals surface area contributed by atoms with Gasteiger partial charge in [-0.05, 0) is 18.3 Å². The van der Waals surface area contributed by atoms with Gasteiger partial charge in [0, 0.05) is 12.8 Å². The lowest BCUT2D eigenvalue weighted by atomic mass is 9.93. The molecule has 0 spiro atoms. The van der Waals surface area contributed by atoms with Gasteiger partial charge in [-0.25, -0.2) is 4.68 Å². The number of nitrogens with zero attached hydrogens (tertiary/aromatic N) is 3. The summed E-state index contributed by atoms with van der Waals surface area (Å²) < 4.78 is 7.41. The largest absolute Gasteiger partial charge is 0.380 e. The predicted octanol–water partition coefficient (Wildman–Crippen LogP) is 2.29. The Hall–Kier alpha value is -0.900. The van der Waals surface area contributed by atoms with Crippen molar-refractivity contribution < 1.29 is 4.74 Å². The molecule has 0 aromatic carbocycles. The summed E-state index contributed by atoms with van der Waals surface area (Å²) in [6, 6.07) is 0. The lowest BCUT2D eigenvalue weighted by Crippen LogP contribution is -2.12. The molecule has 1 aromatic heterocycles. The van der Waals surface area contributed by atoms with Crippen molar-refractivity contribution in [2.45, 2.75) is 47.1 Å². The van der Waals surface area contributed by atoms with Crippen LogP contribution in [0.25, 0.3) is 0 Å². The van der Waals surface area contributed by atoms with Crippen LogP contribution in [0, 0.1) is 5.41 Å². The van der Waals surface area contributed by atoms with Crippen LogP contribution in [0.5, 0.6) is 0 Å². The first-order chi connectivity index (χ1) is 7.51. The minimum Gasteiger partial charge on any atom is -0.380 e. The maximum Gasteiger partial charge on any atom is 0.0824 e. The highest BCUT2D eigenvalue weighted by Gasteiger charge is 2.09. The minimum absolute atomic E-state index is 0.350. The maximum atomic E-state index is 5.57. The third-order valence-electron chi connectivity index (χ3n) is 2.41. The summed E-state index contributed by atoms with van der Waals surface area (Å²) in [6.07, 6.45) is 4.00. The van der Waals surface area contributed by atoms with Crippen LogP contribution in [0.3, 0.4) is 0 Å². The van der Waals surface area contributed by atoms with Crippen LogP contribution >= 0.6 is 0 Å². The summed E-state index contributed by atoms with van der Waals surface area (Å²) in [4.78, 5) is 0. The van der Waals surface area contributed by atoms with Crippen LogP contribution in [0.15, 0.2) is 6.20 Å².